The lowest BCUT2D eigenvalue weighted by Gasteiger charge is -2.23. The molecule has 8 heteroatoms. The van der Waals surface area contributed by atoms with E-state index < -0.39 is 37.1 Å². The molecule has 0 spiro atoms. The Morgan fingerprint density at radius 2 is 1.94 bits per heavy atom. The van der Waals surface area contributed by atoms with E-state index in [9.17, 15) is 22.8 Å². The molecule has 0 saturated carbocycles. The van der Waals surface area contributed by atoms with Crippen molar-refractivity contribution in [2.24, 2.45) is 5.92 Å². The molecule has 0 aromatic carbocycles. The lowest BCUT2D eigenvalue weighted by Crippen LogP contribution is -2.44. The van der Waals surface area contributed by atoms with Crippen molar-refractivity contribution in [3.05, 3.63) is 0 Å². The van der Waals surface area contributed by atoms with Crippen molar-refractivity contribution in [3.8, 4) is 0 Å². The van der Waals surface area contributed by atoms with E-state index in [-0.39, 0.29) is 13.1 Å². The van der Waals surface area contributed by atoms with Gasteiger partial charge in [0.05, 0.1) is 12.3 Å². The van der Waals surface area contributed by atoms with E-state index in [1.54, 1.807) is 6.92 Å². The topological polar surface area (TPSA) is 69.6 Å². The first-order chi connectivity index (χ1) is 8.17. The summed E-state index contributed by atoms with van der Waals surface area (Å²) >= 11 is 0. The Labute approximate surface area is 103 Å². The van der Waals surface area contributed by atoms with E-state index in [2.05, 4.69) is 5.32 Å². The monoisotopic (exact) mass is 270 g/mol. The summed E-state index contributed by atoms with van der Waals surface area (Å²) in [5.41, 5.74) is 0. The Morgan fingerprint density at radius 1 is 1.39 bits per heavy atom. The fourth-order valence-electron chi connectivity index (χ4n) is 1.19. The summed E-state index contributed by atoms with van der Waals surface area (Å²) in [6.45, 7) is 2.73. The van der Waals surface area contributed by atoms with Crippen LogP contribution in [0, 0.1) is 5.92 Å². The Hall–Kier alpha value is -1.47. The third-order valence-electron chi connectivity index (χ3n) is 2.27. The van der Waals surface area contributed by atoms with E-state index in [1.807, 2.05) is 0 Å². The molecule has 0 aromatic rings. The number of rotatable bonds is 6. The van der Waals surface area contributed by atoms with Crippen molar-refractivity contribution < 1.29 is 27.9 Å². The molecular formula is C10H17F3N2O3. The Balaban J connectivity index is 4.15. The van der Waals surface area contributed by atoms with E-state index in [4.69, 9.17) is 5.11 Å². The second-order valence-electron chi connectivity index (χ2n) is 3.88. The van der Waals surface area contributed by atoms with Gasteiger partial charge in [-0.15, -0.1) is 0 Å². The number of hydrogen-bond acceptors (Lipinski definition) is 2. The van der Waals surface area contributed by atoms with Gasteiger partial charge in [-0.2, -0.15) is 13.2 Å². The van der Waals surface area contributed by atoms with Crippen LogP contribution >= 0.6 is 0 Å². The predicted octanol–water partition coefficient (Wildman–Crippen LogP) is 1.69. The first-order valence-electron chi connectivity index (χ1n) is 5.49. The van der Waals surface area contributed by atoms with E-state index in [0.717, 1.165) is 4.90 Å². The van der Waals surface area contributed by atoms with Crippen LogP contribution in [0.15, 0.2) is 0 Å². The van der Waals surface area contributed by atoms with Gasteiger partial charge >= 0.3 is 18.2 Å². The third kappa shape index (κ3) is 6.97. The number of hydrogen-bond donors (Lipinski definition) is 2. The van der Waals surface area contributed by atoms with Gasteiger partial charge in [0, 0.05) is 19.6 Å². The molecule has 0 aliphatic heterocycles. The summed E-state index contributed by atoms with van der Waals surface area (Å²) in [5, 5.41) is 10.8. The van der Waals surface area contributed by atoms with Crippen molar-refractivity contribution in [2.75, 3.05) is 19.6 Å². The molecular weight excluding hydrogens is 253 g/mol. The number of urea groups is 1. The summed E-state index contributed by atoms with van der Waals surface area (Å²) in [5.74, 6) is -1.82. The number of nitrogens with one attached hydrogen (secondary N) is 1. The van der Waals surface area contributed by atoms with Crippen LogP contribution in [-0.4, -0.2) is 47.8 Å². The summed E-state index contributed by atoms with van der Waals surface area (Å²) in [6, 6.07) is -0.685. The maximum absolute atomic E-state index is 11.9. The molecule has 0 bridgehead atoms. The molecule has 5 nitrogen and oxygen atoms in total. The average Bonchev–Trinajstić information content (AvgIpc) is 2.23. The number of carbonyl (C=O) groups excluding carboxylic acids is 1. The van der Waals surface area contributed by atoms with E-state index in [1.165, 1.54) is 6.92 Å². The molecule has 0 rings (SSSR count). The number of nitrogens with zero attached hydrogens (tertiary/aromatic N) is 1. The molecule has 1 unspecified atom stereocenters. The molecule has 0 aliphatic carbocycles. The largest absolute Gasteiger partial charge is 0.481 e. The number of alkyl halides is 3. The fraction of sp³-hybridized carbons (Fsp3) is 0.800. The third-order valence-corrected chi connectivity index (χ3v) is 2.27. The minimum absolute atomic E-state index is 0.0380. The van der Waals surface area contributed by atoms with Crippen LogP contribution in [0.1, 0.15) is 20.3 Å². The zero-order chi connectivity index (χ0) is 14.3. The molecule has 0 saturated heterocycles. The van der Waals surface area contributed by atoms with Gasteiger partial charge in [-0.25, -0.2) is 4.79 Å². The van der Waals surface area contributed by atoms with Crippen molar-refractivity contribution in [3.63, 3.8) is 0 Å². The zero-order valence-electron chi connectivity index (χ0n) is 10.3. The van der Waals surface area contributed by atoms with Crippen LogP contribution < -0.4 is 5.32 Å². The number of carbonyl (C=O) groups is 2. The number of aliphatic carboxylic acids is 1. The highest BCUT2D eigenvalue weighted by Gasteiger charge is 2.27. The van der Waals surface area contributed by atoms with Crippen LogP contribution in [0.3, 0.4) is 0 Å². The number of halogens is 3. The molecule has 106 valence electrons. The molecule has 2 N–H and O–H groups in total. The lowest BCUT2D eigenvalue weighted by molar-refractivity contribution is -0.141. The van der Waals surface area contributed by atoms with Gasteiger partial charge in [0.1, 0.15) is 0 Å². The zero-order valence-corrected chi connectivity index (χ0v) is 10.3. The number of carboxylic acid groups (broad SMARTS) is 1. The van der Waals surface area contributed by atoms with Gasteiger partial charge < -0.3 is 15.3 Å². The minimum Gasteiger partial charge on any atom is -0.481 e. The molecule has 18 heavy (non-hydrogen) atoms. The molecule has 0 aromatic heterocycles. The lowest BCUT2D eigenvalue weighted by atomic mass is 10.2. The van der Waals surface area contributed by atoms with Crippen LogP contribution in [0.5, 0.6) is 0 Å². The summed E-state index contributed by atoms with van der Waals surface area (Å²) < 4.78 is 35.6. The molecule has 0 aliphatic rings. The second kappa shape index (κ2) is 7.07. The Kier molecular flexibility index (Phi) is 6.50. The highest BCUT2D eigenvalue weighted by Crippen LogP contribution is 2.18. The van der Waals surface area contributed by atoms with Gasteiger partial charge in [-0.1, -0.05) is 6.92 Å². The molecule has 0 fully saturated rings. The summed E-state index contributed by atoms with van der Waals surface area (Å²) in [7, 11) is 0. The average molecular weight is 270 g/mol. The van der Waals surface area contributed by atoms with Crippen molar-refractivity contribution >= 4 is 12.0 Å². The standard InChI is InChI=1S/C10H17F3N2O3/c1-3-15(6-7(2)8(16)17)9(18)14-5-4-10(11,12)13/h7H,3-6H2,1-2H3,(H,14,18)(H,16,17). The molecule has 2 amide bonds. The SMILES string of the molecule is CCN(CC(C)C(=O)O)C(=O)NCCC(F)(F)F. The minimum atomic E-state index is -4.32. The van der Waals surface area contributed by atoms with Gasteiger partial charge in [-0.3, -0.25) is 4.79 Å². The quantitative estimate of drug-likeness (QED) is 0.771. The van der Waals surface area contributed by atoms with Gasteiger partial charge in [0.15, 0.2) is 0 Å². The molecule has 1 atom stereocenters. The van der Waals surface area contributed by atoms with Crippen LogP contribution in [0.2, 0.25) is 0 Å². The number of carboxylic acids is 1. The first-order valence-corrected chi connectivity index (χ1v) is 5.49. The normalized spacial score (nSPS) is 12.9. The van der Waals surface area contributed by atoms with Gasteiger partial charge in [0.2, 0.25) is 0 Å². The van der Waals surface area contributed by atoms with Gasteiger partial charge in [-0.05, 0) is 6.92 Å². The Bertz CT molecular complexity index is 295. The second-order valence-corrected chi connectivity index (χ2v) is 3.88. The number of amides is 2. The maximum atomic E-state index is 11.9. The van der Waals surface area contributed by atoms with Crippen molar-refractivity contribution in [1.82, 2.24) is 10.2 Å². The summed E-state index contributed by atoms with van der Waals surface area (Å²) in [6.07, 6.45) is -5.43. The fourth-order valence-corrected chi connectivity index (χ4v) is 1.19. The van der Waals surface area contributed by atoms with Gasteiger partial charge in [0.25, 0.3) is 0 Å². The van der Waals surface area contributed by atoms with Crippen LogP contribution in [0.25, 0.3) is 0 Å². The molecule has 0 radical (unpaired) electrons. The maximum Gasteiger partial charge on any atom is 0.390 e. The van der Waals surface area contributed by atoms with Crippen molar-refractivity contribution in [2.45, 2.75) is 26.4 Å². The molecule has 0 heterocycles. The predicted molar refractivity (Wildman–Crippen MR) is 58.1 cm³/mol. The van der Waals surface area contributed by atoms with Crippen molar-refractivity contribution in [1.29, 1.82) is 0 Å². The highest BCUT2D eigenvalue weighted by atomic mass is 19.4. The first kappa shape index (κ1) is 16.5. The van der Waals surface area contributed by atoms with E-state index in [0.29, 0.717) is 0 Å². The smallest absolute Gasteiger partial charge is 0.390 e. The highest BCUT2D eigenvalue weighted by molar-refractivity contribution is 5.75. The Morgan fingerprint density at radius 3 is 2.33 bits per heavy atom. The van der Waals surface area contributed by atoms with Crippen LogP contribution in [0.4, 0.5) is 18.0 Å². The van der Waals surface area contributed by atoms with Crippen LogP contribution in [-0.2, 0) is 4.79 Å². The summed E-state index contributed by atoms with van der Waals surface area (Å²) in [4.78, 5) is 23.2. The van der Waals surface area contributed by atoms with E-state index >= 15 is 0 Å².